The van der Waals surface area contributed by atoms with Crippen molar-refractivity contribution in [3.05, 3.63) is 72.7 Å². The Bertz CT molecular complexity index is 1140. The molecule has 5 nitrogen and oxygen atoms in total. The Morgan fingerprint density at radius 3 is 2.57 bits per heavy atom. The summed E-state index contributed by atoms with van der Waals surface area (Å²) in [6.07, 6.45) is -3.12. The number of rotatable bonds is 4. The van der Waals surface area contributed by atoms with Gasteiger partial charge < -0.3 is 10.1 Å². The van der Waals surface area contributed by atoms with Crippen LogP contribution in [0.2, 0.25) is 0 Å². The molecule has 0 atom stereocenters. The number of halogens is 4. The second kappa shape index (κ2) is 6.84. The van der Waals surface area contributed by atoms with Gasteiger partial charge in [-0.25, -0.2) is 8.91 Å². The fraction of sp³-hybridized carbons (Fsp3) is 0.0526. The minimum absolute atomic E-state index is 0.223. The number of benzene rings is 2. The summed E-state index contributed by atoms with van der Waals surface area (Å²) in [5, 5.41) is 7.17. The van der Waals surface area contributed by atoms with Crippen molar-refractivity contribution in [3.8, 4) is 16.9 Å². The minimum Gasteiger partial charge on any atom is -0.406 e. The molecule has 28 heavy (non-hydrogen) atoms. The Hall–Kier alpha value is -3.62. The molecule has 0 aliphatic rings. The molecule has 9 heteroatoms. The van der Waals surface area contributed by atoms with E-state index in [1.807, 2.05) is 0 Å². The molecule has 142 valence electrons. The Labute approximate surface area is 156 Å². The number of ether oxygens (including phenoxy) is 1. The van der Waals surface area contributed by atoms with Crippen molar-refractivity contribution in [3.63, 3.8) is 0 Å². The summed E-state index contributed by atoms with van der Waals surface area (Å²) in [7, 11) is 0. The van der Waals surface area contributed by atoms with Crippen LogP contribution in [-0.2, 0) is 0 Å². The number of fused-ring (bicyclic) bond motifs is 1. The lowest BCUT2D eigenvalue weighted by Crippen LogP contribution is -2.17. The first kappa shape index (κ1) is 17.8. The Morgan fingerprint density at radius 1 is 0.964 bits per heavy atom. The molecular formula is C19H12F4N4O. The van der Waals surface area contributed by atoms with Crippen molar-refractivity contribution in [2.75, 3.05) is 5.32 Å². The quantitative estimate of drug-likeness (QED) is 0.490. The molecular weight excluding hydrogens is 376 g/mol. The van der Waals surface area contributed by atoms with Crippen molar-refractivity contribution in [2.45, 2.75) is 6.36 Å². The molecule has 0 aliphatic heterocycles. The van der Waals surface area contributed by atoms with Gasteiger partial charge in [0.25, 0.3) is 0 Å². The van der Waals surface area contributed by atoms with E-state index in [0.29, 0.717) is 22.5 Å². The Kier molecular flexibility index (Phi) is 4.34. The lowest BCUT2D eigenvalue weighted by atomic mass is 10.1. The first-order valence-electron chi connectivity index (χ1n) is 8.11. The second-order valence-corrected chi connectivity index (χ2v) is 5.84. The topological polar surface area (TPSA) is 51.5 Å². The first-order chi connectivity index (χ1) is 13.4. The highest BCUT2D eigenvalue weighted by Gasteiger charge is 2.31. The molecule has 0 amide bonds. The lowest BCUT2D eigenvalue weighted by Gasteiger charge is -2.10. The van der Waals surface area contributed by atoms with Crippen molar-refractivity contribution < 1.29 is 22.3 Å². The first-order valence-corrected chi connectivity index (χ1v) is 8.11. The number of nitrogens with one attached hydrogen (secondary N) is 1. The molecule has 2 heterocycles. The molecule has 0 fully saturated rings. The average Bonchev–Trinajstić information content (AvgIpc) is 3.02. The van der Waals surface area contributed by atoms with E-state index in [0.717, 1.165) is 0 Å². The predicted octanol–water partition coefficient (Wildman–Crippen LogP) is 5.18. The largest absolute Gasteiger partial charge is 0.573 e. The molecule has 4 aromatic rings. The maximum absolute atomic E-state index is 13.3. The van der Waals surface area contributed by atoms with Gasteiger partial charge in [0.05, 0.1) is 0 Å². The number of hydrogen-bond acceptors (Lipinski definition) is 4. The van der Waals surface area contributed by atoms with Gasteiger partial charge in [0.15, 0.2) is 5.65 Å². The lowest BCUT2D eigenvalue weighted by molar-refractivity contribution is -0.274. The number of hydrogen-bond donors (Lipinski definition) is 1. The summed E-state index contributed by atoms with van der Waals surface area (Å²) in [6, 6.07) is 14.8. The fourth-order valence-electron chi connectivity index (χ4n) is 2.74. The van der Waals surface area contributed by atoms with E-state index in [2.05, 4.69) is 20.1 Å². The van der Waals surface area contributed by atoms with E-state index in [9.17, 15) is 17.6 Å². The third-order valence-corrected chi connectivity index (χ3v) is 3.82. The maximum Gasteiger partial charge on any atom is 0.573 e. The zero-order valence-electron chi connectivity index (χ0n) is 14.1. The van der Waals surface area contributed by atoms with E-state index in [1.54, 1.807) is 36.5 Å². The minimum atomic E-state index is -4.78. The summed E-state index contributed by atoms with van der Waals surface area (Å²) in [4.78, 5) is 4.37. The summed E-state index contributed by atoms with van der Waals surface area (Å²) >= 11 is 0. The van der Waals surface area contributed by atoms with Crippen LogP contribution in [0.15, 0.2) is 66.9 Å². The zero-order valence-corrected chi connectivity index (χ0v) is 14.1. The number of anilines is 2. The van der Waals surface area contributed by atoms with Crippen LogP contribution in [0.1, 0.15) is 0 Å². The summed E-state index contributed by atoms with van der Waals surface area (Å²) in [6.45, 7) is 0. The van der Waals surface area contributed by atoms with Gasteiger partial charge in [0.1, 0.15) is 11.6 Å². The van der Waals surface area contributed by atoms with Crippen LogP contribution in [0.5, 0.6) is 5.75 Å². The smallest absolute Gasteiger partial charge is 0.406 e. The van der Waals surface area contributed by atoms with E-state index in [1.165, 1.54) is 34.8 Å². The molecule has 4 rings (SSSR count). The molecule has 0 radical (unpaired) electrons. The normalized spacial score (nSPS) is 11.6. The third kappa shape index (κ3) is 3.88. The van der Waals surface area contributed by atoms with Crippen LogP contribution in [0.25, 0.3) is 16.8 Å². The van der Waals surface area contributed by atoms with Crippen LogP contribution in [0, 0.1) is 5.82 Å². The van der Waals surface area contributed by atoms with Crippen LogP contribution in [-0.4, -0.2) is 21.0 Å². The molecule has 1 N–H and O–H groups in total. The van der Waals surface area contributed by atoms with Gasteiger partial charge in [-0.05, 0) is 48.0 Å². The van der Waals surface area contributed by atoms with Gasteiger partial charge >= 0.3 is 6.36 Å². The van der Waals surface area contributed by atoms with Crippen LogP contribution in [0.3, 0.4) is 0 Å². The van der Waals surface area contributed by atoms with E-state index >= 15 is 0 Å². The summed E-state index contributed by atoms with van der Waals surface area (Å²) in [5.74, 6) is -0.513. The van der Waals surface area contributed by atoms with Gasteiger partial charge in [0, 0.05) is 17.4 Å². The Morgan fingerprint density at radius 2 is 1.79 bits per heavy atom. The molecule has 2 aromatic heterocycles. The van der Waals surface area contributed by atoms with Gasteiger partial charge in [-0.2, -0.15) is 4.98 Å². The van der Waals surface area contributed by atoms with Gasteiger partial charge in [0.2, 0.25) is 5.95 Å². The van der Waals surface area contributed by atoms with Crippen molar-refractivity contribution in [1.82, 2.24) is 14.6 Å². The molecule has 0 unspecified atom stereocenters. The molecule has 0 saturated carbocycles. The van der Waals surface area contributed by atoms with Gasteiger partial charge in [-0.3, -0.25) is 0 Å². The van der Waals surface area contributed by atoms with Crippen LogP contribution in [0.4, 0.5) is 29.2 Å². The van der Waals surface area contributed by atoms with Gasteiger partial charge in [-0.15, -0.1) is 18.3 Å². The highest BCUT2D eigenvalue weighted by Crippen LogP contribution is 2.30. The zero-order chi connectivity index (χ0) is 19.7. The van der Waals surface area contributed by atoms with Gasteiger partial charge in [-0.1, -0.05) is 18.2 Å². The molecule has 0 saturated heterocycles. The second-order valence-electron chi connectivity index (χ2n) is 5.84. The SMILES string of the molecule is Fc1cccc(Nc2nc3c(-c4cccc(OC(F)(F)F)c4)cccn3n2)c1. The Balaban J connectivity index is 1.71. The summed E-state index contributed by atoms with van der Waals surface area (Å²) in [5.41, 5.74) is 1.94. The van der Waals surface area contributed by atoms with Crippen molar-refractivity contribution in [2.24, 2.45) is 0 Å². The standard InChI is InChI=1S/C19H12F4N4O/c20-13-5-2-6-14(11-13)24-18-25-17-16(8-3-9-27(17)26-18)12-4-1-7-15(10-12)28-19(21,22)23/h1-11H,(H,24,26). The molecule has 0 aliphatic carbocycles. The summed E-state index contributed by atoms with van der Waals surface area (Å²) < 4.78 is 56.2. The average molecular weight is 388 g/mol. The highest BCUT2D eigenvalue weighted by atomic mass is 19.4. The van der Waals surface area contributed by atoms with Crippen molar-refractivity contribution >= 4 is 17.3 Å². The molecule has 0 spiro atoms. The van der Waals surface area contributed by atoms with E-state index in [4.69, 9.17) is 0 Å². The molecule has 2 aromatic carbocycles. The third-order valence-electron chi connectivity index (χ3n) is 3.82. The number of alkyl halides is 3. The molecule has 0 bridgehead atoms. The fourth-order valence-corrected chi connectivity index (χ4v) is 2.74. The predicted molar refractivity (Wildman–Crippen MR) is 94.8 cm³/mol. The van der Waals surface area contributed by atoms with Crippen LogP contribution >= 0.6 is 0 Å². The monoisotopic (exact) mass is 388 g/mol. The number of aromatic nitrogens is 3. The van der Waals surface area contributed by atoms with E-state index in [-0.39, 0.29) is 11.7 Å². The van der Waals surface area contributed by atoms with Crippen LogP contribution < -0.4 is 10.1 Å². The highest BCUT2D eigenvalue weighted by molar-refractivity contribution is 5.78. The van der Waals surface area contributed by atoms with E-state index < -0.39 is 12.2 Å². The number of pyridine rings is 1. The maximum atomic E-state index is 13.3. The van der Waals surface area contributed by atoms with Crippen molar-refractivity contribution in [1.29, 1.82) is 0 Å². The number of nitrogens with zero attached hydrogens (tertiary/aromatic N) is 3.